The molecule has 0 bridgehead atoms. The van der Waals surface area contributed by atoms with Crippen molar-refractivity contribution in [3.8, 4) is 0 Å². The lowest BCUT2D eigenvalue weighted by atomic mass is 10.0. The standard InChI is InChI=1S/C21H21F4N3O/c1-13-9-28(10-14-5-16(21(23,24)25)8-17(22)6-14)11-20(29-13)15-3-4-18-19(7-15)27(2)12-26-18/h3-8,12-13,20H,9-11H2,1-2H3/t13-,20+/m1/s1. The summed E-state index contributed by atoms with van der Waals surface area (Å²) in [5.41, 5.74) is 2.18. The zero-order chi connectivity index (χ0) is 20.8. The van der Waals surface area contributed by atoms with E-state index in [9.17, 15) is 17.6 Å². The number of imidazole rings is 1. The van der Waals surface area contributed by atoms with E-state index in [1.165, 1.54) is 0 Å². The van der Waals surface area contributed by atoms with E-state index in [1.54, 1.807) is 6.33 Å². The van der Waals surface area contributed by atoms with Gasteiger partial charge in [0.15, 0.2) is 0 Å². The fourth-order valence-electron chi connectivity index (χ4n) is 3.86. The Hall–Kier alpha value is -2.45. The molecule has 0 saturated carbocycles. The molecule has 0 N–H and O–H groups in total. The van der Waals surface area contributed by atoms with Crippen LogP contribution >= 0.6 is 0 Å². The molecule has 0 unspecified atom stereocenters. The van der Waals surface area contributed by atoms with Gasteiger partial charge in [-0.2, -0.15) is 13.2 Å². The van der Waals surface area contributed by atoms with Crippen LogP contribution in [0.5, 0.6) is 0 Å². The fraction of sp³-hybridized carbons (Fsp3) is 0.381. The highest BCUT2D eigenvalue weighted by molar-refractivity contribution is 5.76. The molecule has 29 heavy (non-hydrogen) atoms. The van der Waals surface area contributed by atoms with Gasteiger partial charge in [-0.15, -0.1) is 0 Å². The molecule has 2 aromatic carbocycles. The molecule has 0 radical (unpaired) electrons. The van der Waals surface area contributed by atoms with Crippen molar-refractivity contribution in [2.24, 2.45) is 7.05 Å². The van der Waals surface area contributed by atoms with Gasteiger partial charge >= 0.3 is 6.18 Å². The molecule has 0 aliphatic carbocycles. The number of ether oxygens (including phenoxy) is 1. The van der Waals surface area contributed by atoms with Crippen molar-refractivity contribution in [2.75, 3.05) is 13.1 Å². The summed E-state index contributed by atoms with van der Waals surface area (Å²) in [5.74, 6) is -0.880. The van der Waals surface area contributed by atoms with Crippen LogP contribution in [-0.2, 0) is 24.5 Å². The van der Waals surface area contributed by atoms with Gasteiger partial charge < -0.3 is 9.30 Å². The summed E-state index contributed by atoms with van der Waals surface area (Å²) in [5, 5.41) is 0. The lowest BCUT2D eigenvalue weighted by Gasteiger charge is -2.37. The SMILES string of the molecule is C[C@@H]1CN(Cc2cc(F)cc(C(F)(F)F)c2)C[C@@H](c2ccc3ncn(C)c3c2)O1. The first-order valence-electron chi connectivity index (χ1n) is 9.34. The average molecular weight is 407 g/mol. The summed E-state index contributed by atoms with van der Waals surface area (Å²) < 4.78 is 60.7. The lowest BCUT2D eigenvalue weighted by molar-refractivity contribution is -0.137. The van der Waals surface area contributed by atoms with Crippen molar-refractivity contribution in [1.82, 2.24) is 14.5 Å². The van der Waals surface area contributed by atoms with E-state index in [-0.39, 0.29) is 18.8 Å². The first-order chi connectivity index (χ1) is 13.7. The maximum absolute atomic E-state index is 13.7. The van der Waals surface area contributed by atoms with Crippen LogP contribution in [0.4, 0.5) is 17.6 Å². The molecule has 2 heterocycles. The number of hydrogen-bond donors (Lipinski definition) is 0. The molecule has 4 rings (SSSR count). The molecular weight excluding hydrogens is 386 g/mol. The summed E-state index contributed by atoms with van der Waals surface area (Å²) in [6.45, 7) is 3.21. The first-order valence-corrected chi connectivity index (χ1v) is 9.34. The highest BCUT2D eigenvalue weighted by atomic mass is 19.4. The van der Waals surface area contributed by atoms with Gasteiger partial charge in [-0.05, 0) is 48.4 Å². The zero-order valence-electron chi connectivity index (χ0n) is 16.1. The van der Waals surface area contributed by atoms with E-state index < -0.39 is 17.6 Å². The lowest BCUT2D eigenvalue weighted by Crippen LogP contribution is -2.42. The van der Waals surface area contributed by atoms with Gasteiger partial charge in [-0.1, -0.05) is 6.07 Å². The van der Waals surface area contributed by atoms with Gasteiger partial charge in [0.25, 0.3) is 0 Å². The Morgan fingerprint density at radius 3 is 2.69 bits per heavy atom. The Kier molecular flexibility index (Phi) is 5.08. The maximum atomic E-state index is 13.7. The van der Waals surface area contributed by atoms with Crippen LogP contribution in [0, 0.1) is 5.82 Å². The Labute approximate surface area is 165 Å². The van der Waals surface area contributed by atoms with E-state index in [2.05, 4.69) is 4.98 Å². The second-order valence-corrected chi connectivity index (χ2v) is 7.58. The molecule has 1 aliphatic heterocycles. The summed E-state index contributed by atoms with van der Waals surface area (Å²) in [6.07, 6.45) is -3.16. The highest BCUT2D eigenvalue weighted by Gasteiger charge is 2.32. The maximum Gasteiger partial charge on any atom is 0.416 e. The van der Waals surface area contributed by atoms with Crippen LogP contribution in [0.3, 0.4) is 0 Å². The molecule has 2 atom stereocenters. The quantitative estimate of drug-likeness (QED) is 0.590. The molecule has 1 aromatic heterocycles. The number of alkyl halides is 3. The summed E-state index contributed by atoms with van der Waals surface area (Å²) in [7, 11) is 1.91. The predicted molar refractivity (Wildman–Crippen MR) is 101 cm³/mol. The van der Waals surface area contributed by atoms with Gasteiger partial charge in [0.2, 0.25) is 0 Å². The van der Waals surface area contributed by atoms with E-state index in [0.717, 1.165) is 28.7 Å². The molecule has 0 spiro atoms. The van der Waals surface area contributed by atoms with Crippen LogP contribution in [0.25, 0.3) is 11.0 Å². The molecule has 3 aromatic rings. The number of benzene rings is 2. The summed E-state index contributed by atoms with van der Waals surface area (Å²) in [4.78, 5) is 6.31. The molecule has 8 heteroatoms. The van der Waals surface area contributed by atoms with Gasteiger partial charge in [0.05, 0.1) is 35.1 Å². The van der Waals surface area contributed by atoms with Crippen molar-refractivity contribution in [3.05, 3.63) is 65.2 Å². The van der Waals surface area contributed by atoms with Crippen LogP contribution in [0.1, 0.15) is 29.7 Å². The van der Waals surface area contributed by atoms with E-state index in [4.69, 9.17) is 4.74 Å². The number of aromatic nitrogens is 2. The van der Waals surface area contributed by atoms with E-state index in [1.807, 2.05) is 41.6 Å². The third kappa shape index (κ3) is 4.28. The minimum atomic E-state index is -4.57. The van der Waals surface area contributed by atoms with Crippen molar-refractivity contribution in [3.63, 3.8) is 0 Å². The van der Waals surface area contributed by atoms with Crippen LogP contribution in [-0.4, -0.2) is 33.6 Å². The number of morpholine rings is 1. The van der Waals surface area contributed by atoms with E-state index >= 15 is 0 Å². The molecule has 4 nitrogen and oxygen atoms in total. The number of aryl methyl sites for hydroxylation is 1. The van der Waals surface area contributed by atoms with Crippen LogP contribution in [0.15, 0.2) is 42.7 Å². The average Bonchev–Trinajstić information content (AvgIpc) is 3.00. The third-order valence-electron chi connectivity index (χ3n) is 5.15. The topological polar surface area (TPSA) is 30.3 Å². The van der Waals surface area contributed by atoms with Crippen molar-refractivity contribution in [2.45, 2.75) is 31.9 Å². The minimum absolute atomic E-state index is 0.105. The smallest absolute Gasteiger partial charge is 0.368 e. The summed E-state index contributed by atoms with van der Waals surface area (Å²) in [6, 6.07) is 8.61. The highest BCUT2D eigenvalue weighted by Crippen LogP contribution is 2.32. The number of nitrogens with zero attached hydrogens (tertiary/aromatic N) is 3. The second kappa shape index (κ2) is 7.42. The van der Waals surface area contributed by atoms with Gasteiger partial charge in [-0.25, -0.2) is 9.37 Å². The molecule has 154 valence electrons. The third-order valence-corrected chi connectivity index (χ3v) is 5.15. The molecular formula is C21H21F4N3O. The van der Waals surface area contributed by atoms with Gasteiger partial charge in [0.1, 0.15) is 5.82 Å². The Morgan fingerprint density at radius 2 is 1.93 bits per heavy atom. The van der Waals surface area contributed by atoms with Crippen molar-refractivity contribution >= 4 is 11.0 Å². The molecule has 0 amide bonds. The zero-order valence-corrected chi connectivity index (χ0v) is 16.1. The molecule has 1 aliphatic rings. The van der Waals surface area contributed by atoms with Crippen molar-refractivity contribution < 1.29 is 22.3 Å². The van der Waals surface area contributed by atoms with Gasteiger partial charge in [-0.3, -0.25) is 4.90 Å². The largest absolute Gasteiger partial charge is 0.416 e. The Morgan fingerprint density at radius 1 is 1.14 bits per heavy atom. The number of fused-ring (bicyclic) bond motifs is 1. The summed E-state index contributed by atoms with van der Waals surface area (Å²) >= 11 is 0. The van der Waals surface area contributed by atoms with Crippen LogP contribution < -0.4 is 0 Å². The first kappa shape index (κ1) is 19.8. The van der Waals surface area contributed by atoms with E-state index in [0.29, 0.717) is 24.7 Å². The Bertz CT molecular complexity index is 1030. The second-order valence-electron chi connectivity index (χ2n) is 7.58. The molecule has 1 fully saturated rings. The number of halogens is 4. The van der Waals surface area contributed by atoms with Gasteiger partial charge in [0, 0.05) is 26.7 Å². The Balaban J connectivity index is 1.56. The monoisotopic (exact) mass is 407 g/mol. The van der Waals surface area contributed by atoms with Crippen molar-refractivity contribution in [1.29, 1.82) is 0 Å². The number of hydrogen-bond acceptors (Lipinski definition) is 3. The minimum Gasteiger partial charge on any atom is -0.368 e. The number of rotatable bonds is 3. The van der Waals surface area contributed by atoms with Crippen LogP contribution in [0.2, 0.25) is 0 Å². The predicted octanol–water partition coefficient (Wildman–Crippen LogP) is 4.69. The molecule has 1 saturated heterocycles. The normalized spacial score (nSPS) is 21.0. The fourth-order valence-corrected chi connectivity index (χ4v) is 3.86.